The highest BCUT2D eigenvalue weighted by molar-refractivity contribution is 5.89. The van der Waals surface area contributed by atoms with E-state index in [-0.39, 0.29) is 17.8 Å². The van der Waals surface area contributed by atoms with Crippen molar-refractivity contribution in [1.82, 2.24) is 10.1 Å². The fraction of sp³-hybridized carbons (Fsp3) is 0.400. The lowest BCUT2D eigenvalue weighted by atomic mass is 9.91. The van der Waals surface area contributed by atoms with Crippen molar-refractivity contribution in [3.05, 3.63) is 41.9 Å². The largest absolute Gasteiger partial charge is 0.478 e. The fourth-order valence-electron chi connectivity index (χ4n) is 3.40. The number of rotatable bonds is 6. The van der Waals surface area contributed by atoms with Crippen LogP contribution in [-0.2, 0) is 14.4 Å². The second-order valence-corrected chi connectivity index (χ2v) is 7.05. The molecule has 1 aliphatic heterocycles. The van der Waals surface area contributed by atoms with Gasteiger partial charge in [-0.25, -0.2) is 14.0 Å². The van der Waals surface area contributed by atoms with Crippen LogP contribution in [0.25, 0.3) is 11.0 Å². The van der Waals surface area contributed by atoms with Crippen LogP contribution in [0.4, 0.5) is 4.39 Å². The van der Waals surface area contributed by atoms with E-state index < -0.39 is 11.9 Å². The minimum Gasteiger partial charge on any atom is -0.478 e. The third kappa shape index (κ3) is 6.66. The van der Waals surface area contributed by atoms with E-state index in [4.69, 9.17) is 20.5 Å². The van der Waals surface area contributed by atoms with Crippen LogP contribution in [0.15, 0.2) is 34.9 Å². The molecule has 1 amide bonds. The number of carboxylic acid groups (broad SMARTS) is 2. The SMILES string of the molecule is CC(CC(N)=O)N1CCC(c2noc3cc(F)ccc23)CC1.O=C(O)/C=C/C(=O)O. The number of piperidine rings is 1. The second-order valence-electron chi connectivity index (χ2n) is 7.05. The third-order valence-corrected chi connectivity index (χ3v) is 4.87. The van der Waals surface area contributed by atoms with Crippen molar-refractivity contribution in [3.8, 4) is 0 Å². The number of halogens is 1. The van der Waals surface area contributed by atoms with Crippen molar-refractivity contribution in [3.63, 3.8) is 0 Å². The lowest BCUT2D eigenvalue weighted by Gasteiger charge is -2.35. The monoisotopic (exact) mass is 421 g/mol. The molecule has 0 aliphatic carbocycles. The Morgan fingerprint density at radius 2 is 1.87 bits per heavy atom. The number of amides is 1. The Morgan fingerprint density at radius 3 is 2.40 bits per heavy atom. The third-order valence-electron chi connectivity index (χ3n) is 4.87. The minimum absolute atomic E-state index is 0.168. The van der Waals surface area contributed by atoms with Crippen LogP contribution in [0.2, 0.25) is 0 Å². The number of carbonyl (C=O) groups is 3. The average Bonchev–Trinajstić information content (AvgIpc) is 3.09. The molecule has 30 heavy (non-hydrogen) atoms. The standard InChI is InChI=1S/C16H20FN3O2.C4H4O4/c1-10(8-15(18)21)20-6-4-11(5-7-20)16-13-3-2-12(17)9-14(13)22-19-16;5-3(6)1-2-4(7)8/h2-3,9-11H,4-8H2,1H3,(H2,18,21);1-2H,(H,5,6)(H,7,8)/b;2-1+. The van der Waals surface area contributed by atoms with Crippen LogP contribution in [0.5, 0.6) is 0 Å². The van der Waals surface area contributed by atoms with E-state index >= 15 is 0 Å². The molecule has 1 aromatic carbocycles. The van der Waals surface area contributed by atoms with E-state index in [1.165, 1.54) is 12.1 Å². The van der Waals surface area contributed by atoms with Crippen molar-refractivity contribution in [1.29, 1.82) is 0 Å². The van der Waals surface area contributed by atoms with Crippen molar-refractivity contribution in [2.75, 3.05) is 13.1 Å². The first-order chi connectivity index (χ1) is 14.2. The number of aliphatic carboxylic acids is 2. The van der Waals surface area contributed by atoms with E-state index in [9.17, 15) is 18.8 Å². The van der Waals surface area contributed by atoms with Gasteiger partial charge in [-0.3, -0.25) is 4.79 Å². The molecule has 1 aromatic heterocycles. The molecular weight excluding hydrogens is 397 g/mol. The molecule has 162 valence electrons. The fourth-order valence-corrected chi connectivity index (χ4v) is 3.40. The molecule has 2 aromatic rings. The van der Waals surface area contributed by atoms with Crippen molar-refractivity contribution in [2.24, 2.45) is 5.73 Å². The van der Waals surface area contributed by atoms with Crippen LogP contribution in [0, 0.1) is 5.82 Å². The van der Waals surface area contributed by atoms with E-state index in [2.05, 4.69) is 10.1 Å². The van der Waals surface area contributed by atoms with Gasteiger partial charge in [-0.2, -0.15) is 0 Å². The molecule has 3 rings (SSSR count). The van der Waals surface area contributed by atoms with Gasteiger partial charge in [0.1, 0.15) is 5.82 Å². The number of hydrogen-bond donors (Lipinski definition) is 3. The molecule has 1 aliphatic rings. The maximum atomic E-state index is 13.2. The molecular formula is C20H24FN3O6. The van der Waals surface area contributed by atoms with Crippen LogP contribution >= 0.6 is 0 Å². The molecule has 1 fully saturated rings. The average molecular weight is 421 g/mol. The second kappa shape index (κ2) is 10.5. The van der Waals surface area contributed by atoms with Crippen molar-refractivity contribution >= 4 is 28.8 Å². The first-order valence-corrected chi connectivity index (χ1v) is 9.38. The van der Waals surface area contributed by atoms with Gasteiger partial charge in [-0.15, -0.1) is 0 Å². The smallest absolute Gasteiger partial charge is 0.328 e. The summed E-state index contributed by atoms with van der Waals surface area (Å²) in [4.78, 5) is 32.4. The number of fused-ring (bicyclic) bond motifs is 1. The Labute approximate surface area is 171 Å². The first kappa shape index (κ1) is 23.0. The molecule has 1 atom stereocenters. The summed E-state index contributed by atoms with van der Waals surface area (Å²) in [7, 11) is 0. The number of nitrogens with two attached hydrogens (primary N) is 1. The summed E-state index contributed by atoms with van der Waals surface area (Å²) in [5.41, 5.74) is 6.67. The molecule has 0 saturated carbocycles. The number of hydrogen-bond acceptors (Lipinski definition) is 6. The molecule has 1 saturated heterocycles. The zero-order chi connectivity index (χ0) is 22.3. The van der Waals surface area contributed by atoms with Crippen LogP contribution in [-0.4, -0.2) is 57.2 Å². The van der Waals surface area contributed by atoms with Gasteiger partial charge in [0.05, 0.1) is 5.69 Å². The number of nitrogens with zero attached hydrogens (tertiary/aromatic N) is 2. The lowest BCUT2D eigenvalue weighted by molar-refractivity contribution is -0.134. The lowest BCUT2D eigenvalue weighted by Crippen LogP contribution is -2.41. The first-order valence-electron chi connectivity index (χ1n) is 9.38. The number of aromatic nitrogens is 1. The predicted octanol–water partition coefficient (Wildman–Crippen LogP) is 2.12. The van der Waals surface area contributed by atoms with Crippen LogP contribution < -0.4 is 5.73 Å². The summed E-state index contributed by atoms with van der Waals surface area (Å²) in [6, 6.07) is 4.71. The summed E-state index contributed by atoms with van der Waals surface area (Å²) in [5, 5.41) is 20.7. The molecule has 0 spiro atoms. The molecule has 10 heteroatoms. The maximum absolute atomic E-state index is 13.2. The minimum atomic E-state index is -1.26. The van der Waals surface area contributed by atoms with Gasteiger partial charge in [0.2, 0.25) is 5.91 Å². The molecule has 0 bridgehead atoms. The Kier molecular flexibility index (Phi) is 8.05. The van der Waals surface area contributed by atoms with E-state index in [0.717, 1.165) is 37.0 Å². The van der Waals surface area contributed by atoms with Gasteiger partial charge in [0.25, 0.3) is 0 Å². The van der Waals surface area contributed by atoms with E-state index in [1.54, 1.807) is 6.07 Å². The summed E-state index contributed by atoms with van der Waals surface area (Å²) < 4.78 is 18.4. The van der Waals surface area contributed by atoms with Gasteiger partial charge in [-0.1, -0.05) is 5.16 Å². The number of benzene rings is 1. The Morgan fingerprint density at radius 1 is 1.27 bits per heavy atom. The highest BCUT2D eigenvalue weighted by Gasteiger charge is 2.27. The Hall–Kier alpha value is -3.27. The number of primary amides is 1. The summed E-state index contributed by atoms with van der Waals surface area (Å²) in [6.07, 6.45) is 3.39. The quantitative estimate of drug-likeness (QED) is 0.601. The predicted molar refractivity (Wildman–Crippen MR) is 105 cm³/mol. The van der Waals surface area contributed by atoms with Crippen LogP contribution in [0.3, 0.4) is 0 Å². The molecule has 0 radical (unpaired) electrons. The topological polar surface area (TPSA) is 147 Å². The molecule has 2 heterocycles. The van der Waals surface area contributed by atoms with Gasteiger partial charge >= 0.3 is 11.9 Å². The summed E-state index contributed by atoms with van der Waals surface area (Å²) in [5.74, 6) is -2.78. The van der Waals surface area contributed by atoms with Gasteiger partial charge in [-0.05, 0) is 45.0 Å². The molecule has 4 N–H and O–H groups in total. The highest BCUT2D eigenvalue weighted by atomic mass is 19.1. The number of carboxylic acids is 2. The maximum Gasteiger partial charge on any atom is 0.328 e. The zero-order valence-corrected chi connectivity index (χ0v) is 16.5. The Bertz CT molecular complexity index is 918. The number of carbonyl (C=O) groups excluding carboxylic acids is 1. The van der Waals surface area contributed by atoms with Crippen molar-refractivity contribution in [2.45, 2.75) is 38.1 Å². The van der Waals surface area contributed by atoms with Gasteiger partial charge in [0, 0.05) is 42.0 Å². The molecule has 9 nitrogen and oxygen atoms in total. The van der Waals surface area contributed by atoms with Crippen LogP contribution in [0.1, 0.15) is 37.8 Å². The number of likely N-dealkylation sites (tertiary alicyclic amines) is 1. The van der Waals surface area contributed by atoms with Gasteiger partial charge in [0.15, 0.2) is 5.58 Å². The highest BCUT2D eigenvalue weighted by Crippen LogP contribution is 2.33. The van der Waals surface area contributed by atoms with Gasteiger partial charge < -0.3 is 25.4 Å². The normalized spacial score (nSPS) is 16.2. The van der Waals surface area contributed by atoms with Crippen molar-refractivity contribution < 1.29 is 33.5 Å². The zero-order valence-electron chi connectivity index (χ0n) is 16.5. The summed E-state index contributed by atoms with van der Waals surface area (Å²) >= 11 is 0. The molecule has 1 unspecified atom stereocenters. The summed E-state index contributed by atoms with van der Waals surface area (Å²) in [6.45, 7) is 3.82. The Balaban J connectivity index is 0.000000343. The van der Waals surface area contributed by atoms with E-state index in [1.807, 2.05) is 6.92 Å². The van der Waals surface area contributed by atoms with E-state index in [0.29, 0.717) is 30.1 Å².